The van der Waals surface area contributed by atoms with Crippen molar-refractivity contribution >= 4 is 0 Å². The predicted octanol–water partition coefficient (Wildman–Crippen LogP) is 4.17. The number of fused-ring (bicyclic) bond motifs is 1. The third-order valence-electron chi connectivity index (χ3n) is 5.79. The van der Waals surface area contributed by atoms with Gasteiger partial charge in [0, 0.05) is 6.04 Å². The van der Waals surface area contributed by atoms with E-state index in [1.807, 2.05) is 6.07 Å². The standard InChI is InChI=1S/C19H29NO/c1-21-18-8-4-5-14(11-18)12-19(20)17-10-9-15-6-2-3-7-16(15)13-17/h4-5,8,11,15-17,19H,2-3,6-7,9-10,12-13,20H2,1H3. The maximum absolute atomic E-state index is 6.55. The number of rotatable bonds is 4. The Hall–Kier alpha value is -1.02. The molecule has 2 saturated carbocycles. The van der Waals surface area contributed by atoms with Gasteiger partial charge in [-0.05, 0) is 61.1 Å². The summed E-state index contributed by atoms with van der Waals surface area (Å²) in [4.78, 5) is 0. The molecule has 0 saturated heterocycles. The Bertz CT molecular complexity index is 459. The van der Waals surface area contributed by atoms with Crippen molar-refractivity contribution in [1.82, 2.24) is 0 Å². The average molecular weight is 287 g/mol. The predicted molar refractivity (Wildman–Crippen MR) is 87.5 cm³/mol. The topological polar surface area (TPSA) is 35.2 Å². The van der Waals surface area contributed by atoms with Crippen molar-refractivity contribution in [3.63, 3.8) is 0 Å². The third kappa shape index (κ3) is 3.60. The Morgan fingerprint density at radius 3 is 2.76 bits per heavy atom. The molecule has 0 aromatic heterocycles. The molecule has 0 amide bonds. The second kappa shape index (κ2) is 6.83. The lowest BCUT2D eigenvalue weighted by Gasteiger charge is -2.41. The van der Waals surface area contributed by atoms with Crippen LogP contribution in [-0.2, 0) is 6.42 Å². The van der Waals surface area contributed by atoms with Crippen molar-refractivity contribution < 1.29 is 4.74 Å². The van der Waals surface area contributed by atoms with Crippen LogP contribution in [0.3, 0.4) is 0 Å². The largest absolute Gasteiger partial charge is 0.497 e. The van der Waals surface area contributed by atoms with E-state index >= 15 is 0 Å². The molecule has 0 radical (unpaired) electrons. The van der Waals surface area contributed by atoms with Gasteiger partial charge in [0.2, 0.25) is 0 Å². The molecule has 2 N–H and O–H groups in total. The lowest BCUT2D eigenvalue weighted by molar-refractivity contribution is 0.117. The summed E-state index contributed by atoms with van der Waals surface area (Å²) in [6.07, 6.45) is 10.9. The summed E-state index contributed by atoms with van der Waals surface area (Å²) >= 11 is 0. The molecular formula is C19H29NO. The zero-order chi connectivity index (χ0) is 14.7. The summed E-state index contributed by atoms with van der Waals surface area (Å²) in [5.74, 6) is 3.64. The SMILES string of the molecule is COc1cccc(CC(N)C2CCC3CCCCC3C2)c1. The smallest absolute Gasteiger partial charge is 0.119 e. The molecule has 2 heteroatoms. The molecule has 4 atom stereocenters. The van der Waals surface area contributed by atoms with Crippen molar-refractivity contribution in [2.24, 2.45) is 23.5 Å². The first-order chi connectivity index (χ1) is 10.3. The maximum Gasteiger partial charge on any atom is 0.119 e. The number of benzene rings is 1. The van der Waals surface area contributed by atoms with Crippen LogP contribution in [0.2, 0.25) is 0 Å². The van der Waals surface area contributed by atoms with Crippen molar-refractivity contribution in [3.05, 3.63) is 29.8 Å². The van der Waals surface area contributed by atoms with Crippen LogP contribution in [0.5, 0.6) is 5.75 Å². The van der Waals surface area contributed by atoms with E-state index in [9.17, 15) is 0 Å². The van der Waals surface area contributed by atoms with Crippen molar-refractivity contribution in [2.45, 2.75) is 57.4 Å². The summed E-state index contributed by atoms with van der Waals surface area (Å²) in [5, 5.41) is 0. The third-order valence-corrected chi connectivity index (χ3v) is 5.79. The number of methoxy groups -OCH3 is 1. The van der Waals surface area contributed by atoms with Crippen LogP contribution in [0.1, 0.15) is 50.5 Å². The molecule has 2 aliphatic rings. The molecule has 0 bridgehead atoms. The first-order valence-electron chi connectivity index (χ1n) is 8.65. The van der Waals surface area contributed by atoms with E-state index in [1.54, 1.807) is 7.11 Å². The Labute approximate surface area is 129 Å². The molecule has 0 spiro atoms. The van der Waals surface area contributed by atoms with Crippen LogP contribution in [0.15, 0.2) is 24.3 Å². The second-order valence-corrected chi connectivity index (χ2v) is 7.10. The summed E-state index contributed by atoms with van der Waals surface area (Å²) in [7, 11) is 1.73. The molecular weight excluding hydrogens is 258 g/mol. The van der Waals surface area contributed by atoms with E-state index in [1.165, 1.54) is 50.5 Å². The quantitative estimate of drug-likeness (QED) is 0.902. The monoisotopic (exact) mass is 287 g/mol. The van der Waals surface area contributed by atoms with Gasteiger partial charge in [0.1, 0.15) is 5.75 Å². The highest BCUT2D eigenvalue weighted by atomic mass is 16.5. The van der Waals surface area contributed by atoms with Crippen LogP contribution in [0.25, 0.3) is 0 Å². The van der Waals surface area contributed by atoms with Crippen LogP contribution >= 0.6 is 0 Å². The van der Waals surface area contributed by atoms with E-state index in [0.29, 0.717) is 6.04 Å². The summed E-state index contributed by atoms with van der Waals surface area (Å²) in [6, 6.07) is 8.68. The lowest BCUT2D eigenvalue weighted by atomic mass is 9.66. The minimum absolute atomic E-state index is 0.306. The molecule has 4 unspecified atom stereocenters. The highest BCUT2D eigenvalue weighted by Crippen LogP contribution is 2.43. The Morgan fingerprint density at radius 2 is 1.95 bits per heavy atom. The zero-order valence-corrected chi connectivity index (χ0v) is 13.3. The molecule has 2 aliphatic carbocycles. The molecule has 2 nitrogen and oxygen atoms in total. The lowest BCUT2D eigenvalue weighted by Crippen LogP contribution is -2.38. The first-order valence-corrected chi connectivity index (χ1v) is 8.65. The van der Waals surface area contributed by atoms with Crippen LogP contribution in [0.4, 0.5) is 0 Å². The molecule has 1 aromatic rings. The van der Waals surface area contributed by atoms with Crippen molar-refractivity contribution in [3.8, 4) is 5.75 Å². The van der Waals surface area contributed by atoms with E-state index in [-0.39, 0.29) is 0 Å². The van der Waals surface area contributed by atoms with E-state index in [4.69, 9.17) is 10.5 Å². The first kappa shape index (κ1) is 14.9. The van der Waals surface area contributed by atoms with Crippen LogP contribution < -0.4 is 10.5 Å². The van der Waals surface area contributed by atoms with Gasteiger partial charge in [0.15, 0.2) is 0 Å². The summed E-state index contributed by atoms with van der Waals surface area (Å²) in [5.41, 5.74) is 7.87. The average Bonchev–Trinajstić information content (AvgIpc) is 2.54. The number of nitrogens with two attached hydrogens (primary N) is 1. The summed E-state index contributed by atoms with van der Waals surface area (Å²) < 4.78 is 5.31. The van der Waals surface area contributed by atoms with E-state index < -0.39 is 0 Å². The van der Waals surface area contributed by atoms with E-state index in [0.717, 1.165) is 29.9 Å². The maximum atomic E-state index is 6.55. The molecule has 2 fully saturated rings. The fraction of sp³-hybridized carbons (Fsp3) is 0.684. The molecule has 0 heterocycles. The molecule has 1 aromatic carbocycles. The molecule has 3 rings (SSSR count). The Balaban J connectivity index is 1.58. The Kier molecular flexibility index (Phi) is 4.84. The molecule has 0 aliphatic heterocycles. The second-order valence-electron chi connectivity index (χ2n) is 7.10. The minimum atomic E-state index is 0.306. The van der Waals surface area contributed by atoms with Gasteiger partial charge in [0.25, 0.3) is 0 Å². The van der Waals surface area contributed by atoms with Gasteiger partial charge in [-0.3, -0.25) is 0 Å². The highest BCUT2D eigenvalue weighted by molar-refractivity contribution is 5.29. The number of hydrogen-bond donors (Lipinski definition) is 1. The van der Waals surface area contributed by atoms with Gasteiger partial charge in [0.05, 0.1) is 7.11 Å². The van der Waals surface area contributed by atoms with Gasteiger partial charge in [-0.15, -0.1) is 0 Å². The summed E-state index contributed by atoms with van der Waals surface area (Å²) in [6.45, 7) is 0. The zero-order valence-electron chi connectivity index (χ0n) is 13.3. The molecule has 116 valence electrons. The van der Waals surface area contributed by atoms with E-state index in [2.05, 4.69) is 18.2 Å². The Morgan fingerprint density at radius 1 is 1.14 bits per heavy atom. The van der Waals surface area contributed by atoms with Gasteiger partial charge < -0.3 is 10.5 Å². The van der Waals surface area contributed by atoms with Gasteiger partial charge >= 0.3 is 0 Å². The molecule has 21 heavy (non-hydrogen) atoms. The van der Waals surface area contributed by atoms with Gasteiger partial charge in [-0.1, -0.05) is 37.8 Å². The highest BCUT2D eigenvalue weighted by Gasteiger charge is 2.34. The van der Waals surface area contributed by atoms with Crippen LogP contribution in [-0.4, -0.2) is 13.2 Å². The van der Waals surface area contributed by atoms with Crippen molar-refractivity contribution in [1.29, 1.82) is 0 Å². The van der Waals surface area contributed by atoms with Gasteiger partial charge in [-0.25, -0.2) is 0 Å². The fourth-order valence-corrected chi connectivity index (χ4v) is 4.54. The van der Waals surface area contributed by atoms with Crippen LogP contribution in [0, 0.1) is 17.8 Å². The van der Waals surface area contributed by atoms with Gasteiger partial charge in [-0.2, -0.15) is 0 Å². The van der Waals surface area contributed by atoms with Crippen molar-refractivity contribution in [2.75, 3.05) is 7.11 Å². The minimum Gasteiger partial charge on any atom is -0.497 e. The number of ether oxygens (including phenoxy) is 1. The fourth-order valence-electron chi connectivity index (χ4n) is 4.54. The normalized spacial score (nSPS) is 30.5. The number of hydrogen-bond acceptors (Lipinski definition) is 2.